The minimum absolute atomic E-state index is 0.0273. The van der Waals surface area contributed by atoms with Gasteiger partial charge in [0, 0.05) is 5.54 Å². The first-order valence-corrected chi connectivity index (χ1v) is 7.94. The molecule has 110 valence electrons. The summed E-state index contributed by atoms with van der Waals surface area (Å²) in [6.07, 6.45) is 10.3. The molecule has 4 N–H and O–H groups in total. The van der Waals surface area contributed by atoms with Crippen molar-refractivity contribution in [2.24, 2.45) is 23.3 Å². The molecule has 0 radical (unpaired) electrons. The Balaban J connectivity index is 3.63. The molecule has 0 aliphatic carbocycles. The van der Waals surface area contributed by atoms with Gasteiger partial charge in [0.05, 0.1) is 0 Å². The fraction of sp³-hybridized carbons (Fsp3) is 1.00. The van der Waals surface area contributed by atoms with E-state index in [9.17, 15) is 0 Å². The molecule has 0 amide bonds. The fourth-order valence-electron chi connectivity index (χ4n) is 2.70. The zero-order valence-electron chi connectivity index (χ0n) is 13.2. The van der Waals surface area contributed by atoms with Crippen molar-refractivity contribution in [3.05, 3.63) is 0 Å². The monoisotopic (exact) mass is 256 g/mol. The average Bonchev–Trinajstić information content (AvgIpc) is 2.31. The average molecular weight is 256 g/mol. The highest BCUT2D eigenvalue weighted by Crippen LogP contribution is 2.29. The Kier molecular flexibility index (Phi) is 9.76. The van der Waals surface area contributed by atoms with Crippen molar-refractivity contribution in [1.82, 2.24) is 0 Å². The highest BCUT2D eigenvalue weighted by atomic mass is 14.8. The molecule has 0 spiro atoms. The predicted molar refractivity (Wildman–Crippen MR) is 82.6 cm³/mol. The van der Waals surface area contributed by atoms with E-state index in [1.54, 1.807) is 0 Å². The molecule has 2 heteroatoms. The topological polar surface area (TPSA) is 52.0 Å². The maximum atomic E-state index is 6.55. The molecule has 0 aliphatic rings. The SMILES string of the molecule is CC(C)C(N)(CCCCCCCCCN)C(C)C. The van der Waals surface area contributed by atoms with Gasteiger partial charge >= 0.3 is 0 Å². The molecule has 0 bridgehead atoms. The second-order valence-corrected chi connectivity index (χ2v) is 6.44. The summed E-state index contributed by atoms with van der Waals surface area (Å²) in [7, 11) is 0. The van der Waals surface area contributed by atoms with Gasteiger partial charge in [-0.3, -0.25) is 0 Å². The van der Waals surface area contributed by atoms with E-state index in [1.165, 1.54) is 51.4 Å². The zero-order valence-corrected chi connectivity index (χ0v) is 13.2. The van der Waals surface area contributed by atoms with Crippen LogP contribution in [0.2, 0.25) is 0 Å². The number of nitrogens with two attached hydrogens (primary N) is 2. The van der Waals surface area contributed by atoms with Crippen LogP contribution in [0.15, 0.2) is 0 Å². The Morgan fingerprint density at radius 3 is 1.50 bits per heavy atom. The quantitative estimate of drug-likeness (QED) is 0.547. The normalized spacial score (nSPS) is 12.7. The van der Waals surface area contributed by atoms with Crippen molar-refractivity contribution >= 4 is 0 Å². The highest BCUT2D eigenvalue weighted by molar-refractivity contribution is 4.90. The Morgan fingerprint density at radius 1 is 0.722 bits per heavy atom. The second-order valence-electron chi connectivity index (χ2n) is 6.44. The van der Waals surface area contributed by atoms with Crippen LogP contribution in [-0.2, 0) is 0 Å². The first-order valence-electron chi connectivity index (χ1n) is 7.94. The van der Waals surface area contributed by atoms with E-state index in [0.717, 1.165) is 6.54 Å². The third-order valence-electron chi connectivity index (χ3n) is 4.46. The standard InChI is InChI=1S/C16H36N2/c1-14(2)16(18,15(3)4)12-10-8-6-5-7-9-11-13-17/h14-15H,5-13,17-18H2,1-4H3. The minimum atomic E-state index is 0.0273. The van der Waals surface area contributed by atoms with Gasteiger partial charge in [0.15, 0.2) is 0 Å². The van der Waals surface area contributed by atoms with Crippen LogP contribution in [0.3, 0.4) is 0 Å². The summed E-state index contributed by atoms with van der Waals surface area (Å²) in [6, 6.07) is 0. The summed E-state index contributed by atoms with van der Waals surface area (Å²) < 4.78 is 0. The van der Waals surface area contributed by atoms with E-state index in [2.05, 4.69) is 27.7 Å². The van der Waals surface area contributed by atoms with Crippen LogP contribution in [0.4, 0.5) is 0 Å². The van der Waals surface area contributed by atoms with Gasteiger partial charge in [-0.05, 0) is 31.2 Å². The largest absolute Gasteiger partial charge is 0.330 e. The fourth-order valence-corrected chi connectivity index (χ4v) is 2.70. The molecule has 0 saturated heterocycles. The first kappa shape index (κ1) is 17.9. The lowest BCUT2D eigenvalue weighted by molar-refractivity contribution is 0.201. The Morgan fingerprint density at radius 2 is 1.11 bits per heavy atom. The Labute approximate surface area is 115 Å². The van der Waals surface area contributed by atoms with E-state index >= 15 is 0 Å². The number of rotatable bonds is 11. The summed E-state index contributed by atoms with van der Waals surface area (Å²) in [5.74, 6) is 1.14. The lowest BCUT2D eigenvalue weighted by atomic mass is 9.74. The van der Waals surface area contributed by atoms with Gasteiger partial charge in [0.2, 0.25) is 0 Å². The molecular formula is C16H36N2. The molecule has 0 unspecified atom stereocenters. The molecule has 0 rings (SSSR count). The van der Waals surface area contributed by atoms with E-state index in [4.69, 9.17) is 11.5 Å². The van der Waals surface area contributed by atoms with Crippen molar-refractivity contribution in [2.75, 3.05) is 6.54 Å². The van der Waals surface area contributed by atoms with E-state index in [0.29, 0.717) is 11.8 Å². The van der Waals surface area contributed by atoms with Crippen molar-refractivity contribution in [3.8, 4) is 0 Å². The lowest BCUT2D eigenvalue weighted by Crippen LogP contribution is -2.49. The number of hydrogen-bond donors (Lipinski definition) is 2. The van der Waals surface area contributed by atoms with Gasteiger partial charge < -0.3 is 11.5 Å². The maximum absolute atomic E-state index is 6.55. The van der Waals surface area contributed by atoms with Crippen LogP contribution >= 0.6 is 0 Å². The summed E-state index contributed by atoms with van der Waals surface area (Å²) in [6.45, 7) is 9.87. The molecule has 0 aliphatic heterocycles. The van der Waals surface area contributed by atoms with Gasteiger partial charge in [0.25, 0.3) is 0 Å². The predicted octanol–water partition coefficient (Wildman–Crippen LogP) is 4.08. The molecule has 0 aromatic rings. The smallest absolute Gasteiger partial charge is 0.0200 e. The van der Waals surface area contributed by atoms with E-state index in [-0.39, 0.29) is 5.54 Å². The highest BCUT2D eigenvalue weighted by Gasteiger charge is 2.31. The first-order chi connectivity index (χ1) is 8.45. The van der Waals surface area contributed by atoms with Crippen LogP contribution in [0.1, 0.15) is 79.1 Å². The maximum Gasteiger partial charge on any atom is 0.0200 e. The van der Waals surface area contributed by atoms with Crippen LogP contribution < -0.4 is 11.5 Å². The lowest BCUT2D eigenvalue weighted by Gasteiger charge is -2.38. The molecular weight excluding hydrogens is 220 g/mol. The second kappa shape index (κ2) is 9.80. The van der Waals surface area contributed by atoms with Crippen LogP contribution in [-0.4, -0.2) is 12.1 Å². The Hall–Kier alpha value is -0.0800. The summed E-state index contributed by atoms with van der Waals surface area (Å²) in [5, 5.41) is 0. The Bertz CT molecular complexity index is 180. The summed E-state index contributed by atoms with van der Waals surface area (Å²) in [5.41, 5.74) is 12.1. The molecule has 0 atom stereocenters. The molecule has 0 aromatic carbocycles. The molecule has 0 saturated carbocycles. The van der Waals surface area contributed by atoms with Gasteiger partial charge in [0.1, 0.15) is 0 Å². The van der Waals surface area contributed by atoms with Crippen molar-refractivity contribution in [1.29, 1.82) is 0 Å². The third-order valence-corrected chi connectivity index (χ3v) is 4.46. The third kappa shape index (κ3) is 6.75. The zero-order chi connectivity index (χ0) is 14.0. The van der Waals surface area contributed by atoms with Crippen LogP contribution in [0.25, 0.3) is 0 Å². The van der Waals surface area contributed by atoms with E-state index in [1.807, 2.05) is 0 Å². The van der Waals surface area contributed by atoms with E-state index < -0.39 is 0 Å². The van der Waals surface area contributed by atoms with Gasteiger partial charge in [-0.1, -0.05) is 66.2 Å². The molecule has 2 nitrogen and oxygen atoms in total. The molecule has 0 aromatic heterocycles. The number of hydrogen-bond acceptors (Lipinski definition) is 2. The molecule has 0 fully saturated rings. The summed E-state index contributed by atoms with van der Waals surface area (Å²) >= 11 is 0. The van der Waals surface area contributed by atoms with Gasteiger partial charge in [-0.25, -0.2) is 0 Å². The van der Waals surface area contributed by atoms with Crippen molar-refractivity contribution < 1.29 is 0 Å². The van der Waals surface area contributed by atoms with Crippen LogP contribution in [0.5, 0.6) is 0 Å². The van der Waals surface area contributed by atoms with Gasteiger partial charge in [-0.15, -0.1) is 0 Å². The summed E-state index contributed by atoms with van der Waals surface area (Å²) in [4.78, 5) is 0. The van der Waals surface area contributed by atoms with Crippen molar-refractivity contribution in [2.45, 2.75) is 84.6 Å². The minimum Gasteiger partial charge on any atom is -0.330 e. The molecule has 18 heavy (non-hydrogen) atoms. The molecule has 0 heterocycles. The van der Waals surface area contributed by atoms with Crippen LogP contribution in [0, 0.1) is 11.8 Å². The van der Waals surface area contributed by atoms with Crippen molar-refractivity contribution in [3.63, 3.8) is 0 Å². The van der Waals surface area contributed by atoms with Gasteiger partial charge in [-0.2, -0.15) is 0 Å². The number of unbranched alkanes of at least 4 members (excludes halogenated alkanes) is 6.